The molecule has 2 aliphatic heterocycles. The largest absolute Gasteiger partial charge is 0.378 e. The summed E-state index contributed by atoms with van der Waals surface area (Å²) >= 11 is 1.41. The second kappa shape index (κ2) is 13.2. The zero-order valence-corrected chi connectivity index (χ0v) is 26.0. The molecule has 2 saturated heterocycles. The van der Waals surface area contributed by atoms with Crippen LogP contribution in [-0.4, -0.2) is 100 Å². The predicted molar refractivity (Wildman–Crippen MR) is 178 cm³/mol. The number of carbonyl (C=O) groups is 3. The maximum atomic E-state index is 13.7. The van der Waals surface area contributed by atoms with E-state index < -0.39 is 0 Å². The Morgan fingerprint density at radius 1 is 0.891 bits per heavy atom. The molecule has 0 saturated carbocycles. The summed E-state index contributed by atoms with van der Waals surface area (Å²) in [6, 6.07) is 17.4. The molecule has 2 aromatic carbocycles. The fourth-order valence-electron chi connectivity index (χ4n) is 5.83. The Morgan fingerprint density at radius 3 is 2.48 bits per heavy atom. The van der Waals surface area contributed by atoms with Crippen LogP contribution in [0.25, 0.3) is 38.6 Å². The van der Waals surface area contributed by atoms with Crippen molar-refractivity contribution in [2.45, 2.75) is 12.8 Å². The summed E-state index contributed by atoms with van der Waals surface area (Å²) in [6.07, 6.45) is 5.38. The molecule has 5 heterocycles. The topological polar surface area (TPSA) is 125 Å². The lowest BCUT2D eigenvalue weighted by Gasteiger charge is -2.34. The molecule has 234 valence electrons. The van der Waals surface area contributed by atoms with E-state index in [1.54, 1.807) is 22.1 Å². The van der Waals surface area contributed by atoms with Crippen molar-refractivity contribution in [3.63, 3.8) is 0 Å². The number of H-pyrrole nitrogens is 1. The van der Waals surface area contributed by atoms with Gasteiger partial charge in [0.1, 0.15) is 0 Å². The maximum absolute atomic E-state index is 13.7. The number of hydrogen-bond acceptors (Lipinski definition) is 9. The first-order chi connectivity index (χ1) is 22.5. The second-order valence-electron chi connectivity index (χ2n) is 11.3. The highest BCUT2D eigenvalue weighted by molar-refractivity contribution is 7.21. The number of piperazine rings is 1. The van der Waals surface area contributed by atoms with E-state index in [1.165, 1.54) is 17.4 Å². The second-order valence-corrected chi connectivity index (χ2v) is 12.4. The number of nitrogens with one attached hydrogen (secondary N) is 1. The number of aromatic nitrogens is 4. The molecule has 0 spiro atoms. The monoisotopic (exact) mass is 635 g/mol. The summed E-state index contributed by atoms with van der Waals surface area (Å²) in [5.41, 5.74) is 3.44. The van der Waals surface area contributed by atoms with Gasteiger partial charge in [-0.25, -0.2) is 9.97 Å². The van der Waals surface area contributed by atoms with Crippen LogP contribution >= 0.6 is 11.3 Å². The van der Waals surface area contributed by atoms with Gasteiger partial charge in [-0.2, -0.15) is 5.10 Å². The summed E-state index contributed by atoms with van der Waals surface area (Å²) in [5, 5.41) is 8.14. The molecule has 2 aliphatic rings. The molecule has 3 aromatic heterocycles. The molecule has 0 atom stereocenters. The van der Waals surface area contributed by atoms with Gasteiger partial charge in [-0.05, 0) is 23.8 Å². The molecule has 1 N–H and O–H groups in total. The van der Waals surface area contributed by atoms with Crippen LogP contribution in [0.2, 0.25) is 0 Å². The fraction of sp³-hybridized carbons (Fsp3) is 0.294. The van der Waals surface area contributed by atoms with E-state index in [-0.39, 0.29) is 30.4 Å². The number of aromatic amines is 1. The first kappa shape index (κ1) is 29.8. The van der Waals surface area contributed by atoms with Crippen LogP contribution in [0.3, 0.4) is 0 Å². The lowest BCUT2D eigenvalue weighted by Crippen LogP contribution is -2.50. The smallest absolute Gasteiger partial charge is 0.264 e. The van der Waals surface area contributed by atoms with Crippen molar-refractivity contribution in [1.29, 1.82) is 0 Å². The molecule has 2 fully saturated rings. The Balaban J connectivity index is 1.04. The maximum Gasteiger partial charge on any atom is 0.264 e. The van der Waals surface area contributed by atoms with E-state index in [9.17, 15) is 14.4 Å². The Hall–Kier alpha value is -4.94. The van der Waals surface area contributed by atoms with Crippen molar-refractivity contribution in [2.75, 3.05) is 57.4 Å². The number of benzene rings is 2. The van der Waals surface area contributed by atoms with Gasteiger partial charge < -0.3 is 19.4 Å². The Kier molecular flexibility index (Phi) is 8.53. The van der Waals surface area contributed by atoms with Crippen molar-refractivity contribution in [3.05, 3.63) is 77.3 Å². The van der Waals surface area contributed by atoms with Gasteiger partial charge in [0.15, 0.2) is 17.4 Å². The highest BCUT2D eigenvalue weighted by Crippen LogP contribution is 2.36. The Morgan fingerprint density at radius 2 is 1.67 bits per heavy atom. The van der Waals surface area contributed by atoms with Crippen molar-refractivity contribution < 1.29 is 19.1 Å². The van der Waals surface area contributed by atoms with Gasteiger partial charge in [0.25, 0.3) is 5.91 Å². The molecule has 12 heteroatoms. The molecule has 0 bridgehead atoms. The minimum atomic E-state index is -0.0834. The molecule has 0 radical (unpaired) electrons. The third-order valence-electron chi connectivity index (χ3n) is 8.37. The summed E-state index contributed by atoms with van der Waals surface area (Å²) in [6.45, 7) is 4.34. The molecule has 11 nitrogen and oxygen atoms in total. The van der Waals surface area contributed by atoms with Crippen LogP contribution in [0.5, 0.6) is 0 Å². The van der Waals surface area contributed by atoms with Crippen LogP contribution in [-0.2, 0) is 14.3 Å². The zero-order valence-electron chi connectivity index (χ0n) is 25.2. The van der Waals surface area contributed by atoms with Gasteiger partial charge in [0.05, 0.1) is 40.0 Å². The average Bonchev–Trinajstić information content (AvgIpc) is 3.77. The van der Waals surface area contributed by atoms with Crippen molar-refractivity contribution in [1.82, 2.24) is 30.0 Å². The molecule has 0 unspecified atom stereocenters. The first-order valence-corrected chi connectivity index (χ1v) is 16.2. The lowest BCUT2D eigenvalue weighted by molar-refractivity contribution is -0.134. The van der Waals surface area contributed by atoms with Crippen LogP contribution in [0, 0.1) is 0 Å². The number of ether oxygens (including phenoxy) is 1. The molecule has 0 aliphatic carbocycles. The first-order valence-electron chi connectivity index (χ1n) is 15.4. The van der Waals surface area contributed by atoms with E-state index in [0.29, 0.717) is 63.2 Å². The van der Waals surface area contributed by atoms with E-state index in [0.717, 1.165) is 38.1 Å². The van der Waals surface area contributed by atoms with Crippen molar-refractivity contribution >= 4 is 61.9 Å². The van der Waals surface area contributed by atoms with Crippen molar-refractivity contribution in [3.8, 4) is 11.4 Å². The van der Waals surface area contributed by atoms with Gasteiger partial charge in [0, 0.05) is 63.1 Å². The molecular weight excluding hydrogens is 602 g/mol. The third kappa shape index (κ3) is 6.26. The van der Waals surface area contributed by atoms with E-state index in [1.807, 2.05) is 54.6 Å². The van der Waals surface area contributed by atoms with Gasteiger partial charge in [-0.3, -0.25) is 19.5 Å². The number of nitrogens with zero attached hydrogens (tertiary/aromatic N) is 6. The highest BCUT2D eigenvalue weighted by atomic mass is 32.1. The summed E-state index contributed by atoms with van der Waals surface area (Å²) in [7, 11) is 0. The molecular formula is C34H33N7O4S. The van der Waals surface area contributed by atoms with Gasteiger partial charge in [-0.1, -0.05) is 48.5 Å². The standard InChI is InChI=1S/C34H33N7O4S/c42-24(10-9-23-5-2-1-3-6-23)11-12-30(43)39-13-15-41(16-14-39)34(44)29-21-28-31(46-29)33(40-17-19-45-20-18-40)37-32(36-28)25-7-4-8-27-26(25)22-35-38-27/h1-10,21-22H,11-20H2,(H,35,38)/b10-9+. The third-order valence-corrected chi connectivity index (χ3v) is 9.48. The zero-order chi connectivity index (χ0) is 31.5. The predicted octanol–water partition coefficient (Wildman–Crippen LogP) is 4.42. The normalized spacial score (nSPS) is 15.7. The average molecular weight is 636 g/mol. The van der Waals surface area contributed by atoms with Gasteiger partial charge >= 0.3 is 0 Å². The number of fused-ring (bicyclic) bond motifs is 2. The Bertz CT molecular complexity index is 1920. The molecule has 46 heavy (non-hydrogen) atoms. The number of carbonyl (C=O) groups excluding carboxylic acids is 3. The van der Waals surface area contributed by atoms with E-state index in [2.05, 4.69) is 15.1 Å². The minimum Gasteiger partial charge on any atom is -0.378 e. The number of amides is 2. The van der Waals surface area contributed by atoms with Gasteiger partial charge in [0.2, 0.25) is 5.91 Å². The van der Waals surface area contributed by atoms with Gasteiger partial charge in [-0.15, -0.1) is 11.3 Å². The lowest BCUT2D eigenvalue weighted by atomic mass is 10.1. The van der Waals surface area contributed by atoms with Crippen LogP contribution in [0.15, 0.2) is 66.9 Å². The number of morpholine rings is 1. The van der Waals surface area contributed by atoms with Crippen LogP contribution in [0.4, 0.5) is 5.82 Å². The summed E-state index contributed by atoms with van der Waals surface area (Å²) in [4.78, 5) is 55.2. The summed E-state index contributed by atoms with van der Waals surface area (Å²) < 4.78 is 6.46. The highest BCUT2D eigenvalue weighted by Gasteiger charge is 2.28. The minimum absolute atomic E-state index is 0.0685. The molecule has 2 amide bonds. The van der Waals surface area contributed by atoms with E-state index in [4.69, 9.17) is 14.7 Å². The number of ketones is 1. The number of allylic oxidation sites excluding steroid dienone is 1. The SMILES string of the molecule is O=C(/C=C/c1ccccc1)CCC(=O)N1CCN(C(=O)c2cc3nc(-c4cccc5[nH]ncc45)nc(N4CCOCC4)c3s2)CC1. The fourth-order valence-corrected chi connectivity index (χ4v) is 6.92. The number of anilines is 1. The van der Waals surface area contributed by atoms with E-state index >= 15 is 0 Å². The molecule has 7 rings (SSSR count). The Labute approximate surface area is 269 Å². The van der Waals surface area contributed by atoms with Crippen molar-refractivity contribution in [2.24, 2.45) is 0 Å². The van der Waals surface area contributed by atoms with Crippen LogP contribution < -0.4 is 4.90 Å². The number of hydrogen-bond donors (Lipinski definition) is 1. The number of rotatable bonds is 8. The summed E-state index contributed by atoms with van der Waals surface area (Å²) in [5.74, 6) is 1.15. The quantitative estimate of drug-likeness (QED) is 0.249. The van der Waals surface area contributed by atoms with Crippen LogP contribution in [0.1, 0.15) is 28.1 Å². The number of thiophene rings is 1. The molecule has 5 aromatic rings.